The third-order valence-corrected chi connectivity index (χ3v) is 12.6. The number of carbonyl (C=O) groups excluding carboxylic acids is 3. The lowest BCUT2D eigenvalue weighted by molar-refractivity contribution is -0.139. The SMILES string of the molecule is CCOC(=O)/C(Cl)=C/c1cc(N2C(=O)C3=C(CCCC3)C2=O)ccc1Cl.COc1cc(OC)n2nc(S(=O)(=O)Nc3c(Cl)ccc(C)c3Cl)nc2n1.CP(=O)(O)CCC(N)C(=O)O. The number of amides is 2. The van der Waals surface area contributed by atoms with Crippen molar-refractivity contribution in [2.24, 2.45) is 5.73 Å². The molecule has 0 spiro atoms. The highest BCUT2D eigenvalue weighted by atomic mass is 35.5. The Hall–Kier alpha value is -4.79. The molecule has 0 bridgehead atoms. The first-order chi connectivity index (χ1) is 29.5. The van der Waals surface area contributed by atoms with Crippen LogP contribution < -0.4 is 24.8 Å². The maximum absolute atomic E-state index is 12.7. The van der Waals surface area contributed by atoms with Crippen molar-refractivity contribution in [3.05, 3.63) is 78.8 Å². The normalized spacial score (nSPS) is 15.3. The molecule has 0 saturated heterocycles. The first-order valence-electron chi connectivity index (χ1n) is 18.6. The number of nitrogens with one attached hydrogen (secondary N) is 1. The number of aromatic nitrogens is 4. The summed E-state index contributed by atoms with van der Waals surface area (Å²) < 4.78 is 54.5. The molecule has 340 valence electrons. The van der Waals surface area contributed by atoms with Crippen molar-refractivity contribution in [1.82, 2.24) is 19.6 Å². The van der Waals surface area contributed by atoms with Gasteiger partial charge in [0, 0.05) is 29.0 Å². The molecule has 1 aliphatic carbocycles. The van der Waals surface area contributed by atoms with E-state index in [9.17, 15) is 32.2 Å². The van der Waals surface area contributed by atoms with Crippen LogP contribution in [-0.2, 0) is 38.5 Å². The second kappa shape index (κ2) is 21.7. The van der Waals surface area contributed by atoms with E-state index in [1.165, 1.54) is 44.0 Å². The van der Waals surface area contributed by atoms with Crippen LogP contribution in [0.5, 0.6) is 11.8 Å². The van der Waals surface area contributed by atoms with Crippen LogP contribution in [0.2, 0.25) is 15.1 Å². The maximum atomic E-state index is 12.7. The largest absolute Gasteiger partial charge is 0.481 e. The summed E-state index contributed by atoms with van der Waals surface area (Å²) in [6, 6.07) is 8.36. The number of aryl methyl sites for hydroxylation is 1. The van der Waals surface area contributed by atoms with E-state index in [-0.39, 0.29) is 69.3 Å². The molecule has 19 nitrogen and oxygen atoms in total. The molecule has 2 aliphatic rings. The van der Waals surface area contributed by atoms with Crippen LogP contribution in [0, 0.1) is 6.92 Å². The Morgan fingerprint density at radius 3 is 2.19 bits per heavy atom. The summed E-state index contributed by atoms with van der Waals surface area (Å²) >= 11 is 24.3. The number of hydrogen-bond donors (Lipinski definition) is 4. The Labute approximate surface area is 381 Å². The fraction of sp³-hybridized carbons (Fsp3) is 0.342. The molecule has 0 fully saturated rings. The fourth-order valence-corrected chi connectivity index (χ4v) is 8.39. The molecule has 2 aromatic carbocycles. The minimum absolute atomic E-state index is 0.0111. The lowest BCUT2D eigenvalue weighted by Crippen LogP contribution is -2.31. The van der Waals surface area contributed by atoms with Gasteiger partial charge in [0.15, 0.2) is 7.37 Å². The average Bonchev–Trinajstić information content (AvgIpc) is 3.79. The lowest BCUT2D eigenvalue weighted by atomic mass is 9.93. The first kappa shape index (κ1) is 50.9. The molecule has 0 saturated carbocycles. The number of rotatable bonds is 13. The van der Waals surface area contributed by atoms with E-state index >= 15 is 0 Å². The Bertz CT molecular complexity index is 2630. The van der Waals surface area contributed by atoms with E-state index in [4.69, 9.17) is 76.3 Å². The van der Waals surface area contributed by atoms with Crippen LogP contribution in [0.15, 0.2) is 57.7 Å². The molecule has 2 amide bonds. The van der Waals surface area contributed by atoms with Crippen LogP contribution in [0.3, 0.4) is 0 Å². The van der Waals surface area contributed by atoms with Crippen molar-refractivity contribution >= 4 is 111 Å². The highest BCUT2D eigenvalue weighted by Gasteiger charge is 2.39. The second-order valence-corrected chi connectivity index (χ2v) is 19.4. The molecule has 1 aliphatic heterocycles. The number of halogens is 4. The van der Waals surface area contributed by atoms with Gasteiger partial charge in [0.2, 0.25) is 11.8 Å². The highest BCUT2D eigenvalue weighted by Crippen LogP contribution is 2.38. The van der Waals surface area contributed by atoms with E-state index in [0.29, 0.717) is 45.8 Å². The maximum Gasteiger partial charge on any atom is 0.349 e. The zero-order valence-corrected chi connectivity index (χ0v) is 39.0. The van der Waals surface area contributed by atoms with Gasteiger partial charge in [-0.05, 0) is 87.4 Å². The standard InChI is InChI=1S/C19H17Cl2NO4.C14H13Cl2N5O4S.C5H12NO4P/c1-2-26-19(25)16(21)10-11-9-12(7-8-15(11)20)22-17(23)13-5-3-4-6-14(13)18(22)24;1-7-4-5-8(15)12(11(7)16)20-26(22,23)14-18-13-17-9(24-2)6-10(25-3)21(13)19-14;1-11(9,10)3-2-4(6)5(7)8/h7-10H,2-6H2,1H3;4-6,20H,1-3H3;4H,2-3,6H2,1H3,(H,7,8)(H,9,10)/b16-10-;;. The van der Waals surface area contributed by atoms with E-state index < -0.39 is 40.5 Å². The molecule has 4 aromatic rings. The number of sulfonamides is 1. The highest BCUT2D eigenvalue weighted by molar-refractivity contribution is 7.92. The van der Waals surface area contributed by atoms with Crippen molar-refractivity contribution in [2.75, 3.05) is 43.3 Å². The van der Waals surface area contributed by atoms with Crippen LogP contribution in [0.1, 0.15) is 50.2 Å². The van der Waals surface area contributed by atoms with Crippen LogP contribution >= 0.6 is 53.8 Å². The zero-order chi connectivity index (χ0) is 47.0. The van der Waals surface area contributed by atoms with Gasteiger partial charge < -0.3 is 29.9 Å². The van der Waals surface area contributed by atoms with Gasteiger partial charge in [0.1, 0.15) is 11.1 Å². The third kappa shape index (κ3) is 12.9. The summed E-state index contributed by atoms with van der Waals surface area (Å²) in [7, 11) is -4.47. The van der Waals surface area contributed by atoms with Crippen LogP contribution in [0.4, 0.5) is 11.4 Å². The number of aliphatic carboxylic acids is 1. The molecule has 0 radical (unpaired) electrons. The number of methoxy groups -OCH3 is 2. The lowest BCUT2D eigenvalue weighted by Gasteiger charge is -2.16. The predicted octanol–water partition coefficient (Wildman–Crippen LogP) is 6.47. The molecule has 2 atom stereocenters. The molecule has 25 heteroatoms. The molecular formula is C38H42Cl4N7O12PS. The number of nitrogens with zero attached hydrogens (tertiary/aromatic N) is 5. The van der Waals surface area contributed by atoms with E-state index in [2.05, 4.69) is 19.8 Å². The molecule has 5 N–H and O–H groups in total. The second-order valence-electron chi connectivity index (χ2n) is 13.6. The number of esters is 1. The fourth-order valence-electron chi connectivity index (χ4n) is 5.75. The number of benzene rings is 2. The number of hydrogen-bond acceptors (Lipinski definition) is 14. The Morgan fingerprint density at radius 1 is 1.02 bits per heavy atom. The summed E-state index contributed by atoms with van der Waals surface area (Å²) in [5.74, 6) is -1.98. The Balaban J connectivity index is 0.000000225. The van der Waals surface area contributed by atoms with Crippen molar-refractivity contribution in [3.63, 3.8) is 0 Å². The van der Waals surface area contributed by atoms with Gasteiger partial charge in [-0.25, -0.2) is 9.69 Å². The van der Waals surface area contributed by atoms with Gasteiger partial charge in [-0.2, -0.15) is 22.9 Å². The molecule has 63 heavy (non-hydrogen) atoms. The summed E-state index contributed by atoms with van der Waals surface area (Å²) in [4.78, 5) is 65.0. The summed E-state index contributed by atoms with van der Waals surface area (Å²) in [6.45, 7) is 4.78. The summed E-state index contributed by atoms with van der Waals surface area (Å²) in [5, 5.41) is 12.2. The monoisotopic (exact) mass is 991 g/mol. The van der Waals surface area contributed by atoms with Gasteiger partial charge >= 0.3 is 11.9 Å². The number of ether oxygens (including phenoxy) is 3. The topological polar surface area (TPSA) is 272 Å². The molecular weight excluding hydrogens is 951 g/mol. The van der Waals surface area contributed by atoms with Gasteiger partial charge in [0.05, 0.1) is 48.3 Å². The van der Waals surface area contributed by atoms with Crippen LogP contribution in [-0.4, -0.2) is 101 Å². The van der Waals surface area contributed by atoms with Gasteiger partial charge in [-0.1, -0.05) is 52.5 Å². The Kier molecular flexibility index (Phi) is 17.5. The number of carboxylic acid groups (broad SMARTS) is 1. The smallest absolute Gasteiger partial charge is 0.349 e. The average molecular weight is 994 g/mol. The summed E-state index contributed by atoms with van der Waals surface area (Å²) in [6.07, 6.45) is 4.45. The van der Waals surface area contributed by atoms with Crippen molar-refractivity contribution < 1.29 is 56.4 Å². The molecule has 6 rings (SSSR count). The quantitative estimate of drug-likeness (QED) is 0.0483. The third-order valence-electron chi connectivity index (χ3n) is 8.97. The van der Waals surface area contributed by atoms with Crippen LogP contribution in [0.25, 0.3) is 11.9 Å². The van der Waals surface area contributed by atoms with Gasteiger partial charge in [-0.3, -0.25) is 23.7 Å². The van der Waals surface area contributed by atoms with Gasteiger partial charge in [-0.15, -0.1) is 5.10 Å². The minimum atomic E-state index is -4.18. The molecule has 2 unspecified atom stereocenters. The molecule has 2 aromatic heterocycles. The van der Waals surface area contributed by atoms with E-state index in [0.717, 1.165) is 17.4 Å². The number of carboxylic acids is 1. The van der Waals surface area contributed by atoms with E-state index in [1.54, 1.807) is 38.1 Å². The number of fused-ring (bicyclic) bond motifs is 1. The van der Waals surface area contributed by atoms with Gasteiger partial charge in [0.25, 0.3) is 32.8 Å². The summed E-state index contributed by atoms with van der Waals surface area (Å²) in [5.41, 5.74) is 7.84. The zero-order valence-electron chi connectivity index (χ0n) is 34.2. The first-order valence-corrected chi connectivity index (χ1v) is 23.9. The van der Waals surface area contributed by atoms with E-state index in [1.807, 2.05) is 0 Å². The van der Waals surface area contributed by atoms with Crippen molar-refractivity contribution in [2.45, 2.75) is 57.1 Å². The number of carbonyl (C=O) groups is 4. The van der Waals surface area contributed by atoms with Crippen molar-refractivity contribution in [1.29, 1.82) is 0 Å². The molecule has 3 heterocycles. The predicted molar refractivity (Wildman–Crippen MR) is 237 cm³/mol. The van der Waals surface area contributed by atoms with Crippen molar-refractivity contribution in [3.8, 4) is 11.8 Å². The minimum Gasteiger partial charge on any atom is -0.481 e. The Morgan fingerprint density at radius 2 is 1.63 bits per heavy atom. The number of imide groups is 1. The number of nitrogens with two attached hydrogens (primary N) is 1. The number of anilines is 2.